The molecule has 0 saturated carbocycles. The second kappa shape index (κ2) is 34.8. The van der Waals surface area contributed by atoms with Crippen molar-refractivity contribution < 1.29 is 32.8 Å². The number of ether oxygens (including phenoxy) is 6. The Bertz CT molecular complexity index is 4170. The molecule has 0 unspecified atom stereocenters. The van der Waals surface area contributed by atoms with Gasteiger partial charge in [-0.2, -0.15) is 0 Å². The third-order valence-corrected chi connectivity index (χ3v) is 18.9. The average molecular weight is 1410 g/mol. The van der Waals surface area contributed by atoms with Crippen molar-refractivity contribution in [3.05, 3.63) is 215 Å². The molecule has 10 rings (SSSR count). The number of nitrogens with zero attached hydrogens (tertiary/aromatic N) is 2. The third-order valence-electron chi connectivity index (χ3n) is 16.3. The number of thiophene rings is 2. The molecule has 0 spiro atoms. The van der Waals surface area contributed by atoms with Crippen LogP contribution in [0.3, 0.4) is 0 Å². The summed E-state index contributed by atoms with van der Waals surface area (Å²) in [5.41, 5.74) is 12.8. The van der Waals surface area contributed by atoms with Crippen molar-refractivity contribution in [3.8, 4) is 34.5 Å². The molecule has 530 valence electrons. The first-order valence-corrected chi connectivity index (χ1v) is 35.8. The summed E-state index contributed by atoms with van der Waals surface area (Å²) in [6.07, 6.45) is 7.51. The van der Waals surface area contributed by atoms with E-state index in [2.05, 4.69) is 231 Å². The zero-order valence-corrected chi connectivity index (χ0v) is 67.5. The van der Waals surface area contributed by atoms with Crippen LogP contribution in [0.1, 0.15) is 201 Å². The highest BCUT2D eigenvalue weighted by atomic mass is 35.5. The lowest BCUT2D eigenvalue weighted by molar-refractivity contribution is 0.392. The summed E-state index contributed by atoms with van der Waals surface area (Å²) in [5.74, 6) is 5.25. The van der Waals surface area contributed by atoms with Crippen LogP contribution >= 0.6 is 46.5 Å². The molecule has 0 saturated heterocycles. The van der Waals surface area contributed by atoms with Gasteiger partial charge in [0.25, 0.3) is 0 Å². The van der Waals surface area contributed by atoms with Crippen LogP contribution < -0.4 is 28.4 Å². The lowest BCUT2D eigenvalue weighted by Gasteiger charge is -2.23. The van der Waals surface area contributed by atoms with E-state index in [-0.39, 0.29) is 43.8 Å². The molecule has 0 fully saturated rings. The van der Waals surface area contributed by atoms with Crippen LogP contribution in [0.5, 0.6) is 34.5 Å². The van der Waals surface area contributed by atoms with Gasteiger partial charge in [0, 0.05) is 32.6 Å². The van der Waals surface area contributed by atoms with Gasteiger partial charge in [-0.25, -0.2) is 9.24 Å². The Morgan fingerprint density at radius 2 is 0.898 bits per heavy atom. The summed E-state index contributed by atoms with van der Waals surface area (Å²) < 4.78 is 51.0. The van der Waals surface area contributed by atoms with E-state index in [0.29, 0.717) is 16.3 Å². The lowest BCUT2D eigenvalue weighted by atomic mass is 9.84. The number of rotatable bonds is 6. The standard InChI is InChI=1S/C14H18O.C13H16OS.C12H17FO.C12H15NO.C12H18O.C11H15ClO.C11H13NS2/c1-14(2,3)12-8-10-6-5-7-11(10)9-13(12)15-4;1-13(2,3)10-7-9-5-6-15-12(9)8-11(10)14-4;1-8-6-11(14-5)9(7-10(8)13)12(2,3)4;1-12(2,3)10-7-6-9(13-4)8-11(10)14-5;1-9-6-7-10(12(2,3)4)11(8-9)13-5;1-11(2,3)9-6-5-8(12)7-10(9)13-4;1-11(2,3)12-6-4-8-5-7-14-9(8)10(12)13/h5,7-9H,6H2,1-4H3;5-8H,1-4H3;6-7H,1-5H3;6-8H,1-3,5H3;6-8H,1-5H3;5-7H,1-4H3;4-7H,1-3H3. The van der Waals surface area contributed by atoms with E-state index in [0.717, 1.165) is 56.7 Å². The molecule has 98 heavy (non-hydrogen) atoms. The minimum atomic E-state index is -0.171. The highest BCUT2D eigenvalue weighted by molar-refractivity contribution is 7.71. The molecule has 6 aromatic carbocycles. The number of methoxy groups -OCH3 is 6. The van der Waals surface area contributed by atoms with E-state index < -0.39 is 0 Å². The van der Waals surface area contributed by atoms with Gasteiger partial charge in [-0.3, -0.25) is 0 Å². The van der Waals surface area contributed by atoms with E-state index >= 15 is 0 Å². The predicted molar refractivity (Wildman–Crippen MR) is 425 cm³/mol. The quantitative estimate of drug-likeness (QED) is 0.121. The Labute approximate surface area is 607 Å². The van der Waals surface area contributed by atoms with E-state index in [9.17, 15) is 4.39 Å². The maximum atomic E-state index is 13.4. The molecule has 3 heterocycles. The van der Waals surface area contributed by atoms with Crippen molar-refractivity contribution in [2.45, 2.75) is 204 Å². The number of fused-ring (bicyclic) bond motifs is 3. The minimum absolute atomic E-state index is 0.0475. The van der Waals surface area contributed by atoms with E-state index in [1.54, 1.807) is 90.5 Å². The molecule has 0 N–H and O–H groups in total. The van der Waals surface area contributed by atoms with Crippen molar-refractivity contribution in [1.29, 1.82) is 0 Å². The molecule has 3 aromatic heterocycles. The molecule has 0 amide bonds. The second-order valence-electron chi connectivity index (χ2n) is 31.6. The number of aromatic nitrogens is 1. The largest absolute Gasteiger partial charge is 0.498 e. The topological polar surface area (TPSA) is 64.7 Å². The molecule has 0 bridgehead atoms. The van der Waals surface area contributed by atoms with Gasteiger partial charge >= 0.3 is 0 Å². The Morgan fingerprint density at radius 3 is 1.40 bits per heavy atom. The van der Waals surface area contributed by atoms with Crippen LogP contribution in [0.2, 0.25) is 5.02 Å². The maximum Gasteiger partial charge on any atom is 0.190 e. The van der Waals surface area contributed by atoms with Gasteiger partial charge in [-0.1, -0.05) is 197 Å². The first kappa shape index (κ1) is 83.3. The molecule has 9 aromatic rings. The highest BCUT2D eigenvalue weighted by Crippen LogP contribution is 2.40. The van der Waals surface area contributed by atoms with Crippen LogP contribution in [0.4, 0.5) is 10.1 Å². The van der Waals surface area contributed by atoms with Gasteiger partial charge < -0.3 is 33.0 Å². The van der Waals surface area contributed by atoms with Crippen molar-refractivity contribution >= 4 is 78.4 Å². The fourth-order valence-corrected chi connectivity index (χ4v) is 13.1. The number of allylic oxidation sites excluding steroid dienone is 1. The molecule has 1 aliphatic rings. The minimum Gasteiger partial charge on any atom is -0.498 e. The number of pyridine rings is 1. The summed E-state index contributed by atoms with van der Waals surface area (Å²) in [6.45, 7) is 56.1. The monoisotopic (exact) mass is 1410 g/mol. The van der Waals surface area contributed by atoms with Gasteiger partial charge in [-0.15, -0.1) is 22.7 Å². The van der Waals surface area contributed by atoms with Crippen LogP contribution in [-0.2, 0) is 44.4 Å². The van der Waals surface area contributed by atoms with Gasteiger partial charge in [-0.05, 0) is 212 Å². The summed E-state index contributed by atoms with van der Waals surface area (Å²) in [7, 11) is 10.1. The first-order chi connectivity index (χ1) is 45.3. The van der Waals surface area contributed by atoms with Gasteiger partial charge in [0.05, 0.1) is 53.9 Å². The summed E-state index contributed by atoms with van der Waals surface area (Å²) in [6, 6.07) is 36.2. The van der Waals surface area contributed by atoms with Crippen molar-refractivity contribution in [2.75, 3.05) is 42.7 Å². The number of hydrogen-bond donors (Lipinski definition) is 0. The Balaban J connectivity index is 0.000000243. The van der Waals surface area contributed by atoms with Crippen molar-refractivity contribution in [3.63, 3.8) is 0 Å². The van der Waals surface area contributed by atoms with Crippen LogP contribution in [0.15, 0.2) is 132 Å². The first-order valence-electron chi connectivity index (χ1n) is 33.2. The molecule has 0 atom stereocenters. The average Bonchev–Trinajstić information content (AvgIpc) is 1.60. The van der Waals surface area contributed by atoms with Crippen molar-refractivity contribution in [1.82, 2.24) is 4.57 Å². The summed E-state index contributed by atoms with van der Waals surface area (Å²) in [4.78, 5) is 3.37. The number of benzene rings is 6. The predicted octanol–water partition coefficient (Wildman–Crippen LogP) is 25.9. The molecular formula is C85H112ClFN2O6S3. The van der Waals surface area contributed by atoms with E-state index in [1.165, 1.54) is 59.1 Å². The number of hydrogen-bond acceptors (Lipinski definition) is 9. The fourth-order valence-electron chi connectivity index (χ4n) is 10.8. The van der Waals surface area contributed by atoms with Crippen molar-refractivity contribution in [2.24, 2.45) is 0 Å². The smallest absolute Gasteiger partial charge is 0.190 e. The van der Waals surface area contributed by atoms with Gasteiger partial charge in [0.1, 0.15) is 45.0 Å². The van der Waals surface area contributed by atoms with E-state index in [4.69, 9.17) is 58.8 Å². The van der Waals surface area contributed by atoms with E-state index in [1.807, 2.05) is 51.1 Å². The second-order valence-corrected chi connectivity index (χ2v) is 34.3. The number of halogens is 2. The fraction of sp³-hybridized carbons (Fsp3) is 0.435. The third kappa shape index (κ3) is 23.5. The molecule has 13 heteroatoms. The molecule has 8 nitrogen and oxygen atoms in total. The molecule has 0 radical (unpaired) electrons. The van der Waals surface area contributed by atoms with Crippen LogP contribution in [0.25, 0.3) is 31.1 Å². The molecule has 0 aliphatic heterocycles. The lowest BCUT2D eigenvalue weighted by Crippen LogP contribution is -2.22. The molecule has 1 aliphatic carbocycles. The van der Waals surface area contributed by atoms with Crippen LogP contribution in [-0.4, -0.2) is 47.2 Å². The van der Waals surface area contributed by atoms with Gasteiger partial charge in [0.15, 0.2) is 5.69 Å². The Kier molecular flexibility index (Phi) is 29.5. The zero-order valence-electron chi connectivity index (χ0n) is 64.3. The highest BCUT2D eigenvalue weighted by Gasteiger charge is 2.25. The Morgan fingerprint density at radius 1 is 0.469 bits per heavy atom. The SMILES string of the molecule is CC(C)(C)n1ccc2ccsc2c1=S.COc1cc(C)c(F)cc1C(C)(C)C.COc1cc(C)ccc1C(C)(C)C.COc1cc(Cl)ccc1C(C)(C)C.COc1cc2c(cc1C(C)(C)C)CC=C2.COc1cc2sccc2cc1C(C)(C)C.[C-]#[N+]c1ccc(C(C)(C)C)c(OC)c1. The van der Waals surface area contributed by atoms with Crippen LogP contribution in [0, 0.1) is 30.9 Å². The normalized spacial score (nSPS) is 12.0. The van der Waals surface area contributed by atoms with Gasteiger partial charge in [0.2, 0.25) is 0 Å². The zero-order chi connectivity index (χ0) is 74.3. The summed E-state index contributed by atoms with van der Waals surface area (Å²) >= 11 is 14.8. The molecular weight excluding hydrogens is 1300 g/mol. The number of aryl methyl sites for hydroxylation is 2. The maximum absolute atomic E-state index is 13.4. The Hall–Kier alpha value is -7.14. The summed E-state index contributed by atoms with van der Waals surface area (Å²) in [5, 5.41) is 7.49.